The van der Waals surface area contributed by atoms with Gasteiger partial charge in [-0.3, -0.25) is 4.79 Å². The third-order valence-corrected chi connectivity index (χ3v) is 3.07. The van der Waals surface area contributed by atoms with Crippen molar-refractivity contribution in [1.82, 2.24) is 5.32 Å². The highest BCUT2D eigenvalue weighted by atomic mass is 35.5. The van der Waals surface area contributed by atoms with Crippen LogP contribution in [0.5, 0.6) is 0 Å². The lowest BCUT2D eigenvalue weighted by atomic mass is 9.87. The Kier molecular flexibility index (Phi) is 4.93. The Hall–Kier alpha value is -1.57. The molecule has 102 valence electrons. The lowest BCUT2D eigenvalue weighted by Crippen LogP contribution is -2.44. The van der Waals surface area contributed by atoms with Crippen LogP contribution in [0.4, 0.5) is 0 Å². The summed E-state index contributed by atoms with van der Waals surface area (Å²) >= 11 is 5.92. The van der Waals surface area contributed by atoms with Gasteiger partial charge in [-0.05, 0) is 11.5 Å². The van der Waals surface area contributed by atoms with E-state index in [1.165, 1.54) is 0 Å². The van der Waals surface area contributed by atoms with Crippen molar-refractivity contribution in [2.24, 2.45) is 5.41 Å². The number of nitriles is 1. The van der Waals surface area contributed by atoms with E-state index >= 15 is 0 Å². The number of carbonyl (C=O) groups is 1. The van der Waals surface area contributed by atoms with E-state index in [0.717, 1.165) is 0 Å². The van der Waals surface area contributed by atoms with Crippen LogP contribution in [0, 0.1) is 16.7 Å². The molecule has 0 aliphatic carbocycles. The van der Waals surface area contributed by atoms with Crippen LogP contribution in [0.25, 0.3) is 0 Å². The summed E-state index contributed by atoms with van der Waals surface area (Å²) < 4.78 is 0. The second-order valence-corrected chi connectivity index (χ2v) is 5.77. The number of carbonyl (C=O) groups excluding carboxylic acids is 1. The van der Waals surface area contributed by atoms with E-state index in [1.807, 2.05) is 26.8 Å². The van der Waals surface area contributed by atoms with Crippen LogP contribution < -0.4 is 5.32 Å². The lowest BCUT2D eigenvalue weighted by molar-refractivity contribution is -0.130. The first kappa shape index (κ1) is 15.5. The van der Waals surface area contributed by atoms with E-state index in [2.05, 4.69) is 5.32 Å². The van der Waals surface area contributed by atoms with Gasteiger partial charge in [-0.1, -0.05) is 50.6 Å². The molecule has 0 radical (unpaired) electrons. The molecule has 19 heavy (non-hydrogen) atoms. The first-order chi connectivity index (χ1) is 8.77. The number of aliphatic hydroxyl groups is 1. The summed E-state index contributed by atoms with van der Waals surface area (Å²) in [6.07, 6.45) is -1.38. The molecule has 0 fully saturated rings. The molecule has 0 aromatic heterocycles. The number of aliphatic hydroxyl groups excluding tert-OH is 1. The van der Waals surface area contributed by atoms with Gasteiger partial charge in [-0.15, -0.1) is 0 Å². The van der Waals surface area contributed by atoms with Gasteiger partial charge < -0.3 is 10.4 Å². The second-order valence-electron chi connectivity index (χ2n) is 5.36. The molecule has 1 unspecified atom stereocenters. The van der Waals surface area contributed by atoms with Crippen LogP contribution >= 0.6 is 11.6 Å². The molecule has 2 N–H and O–H groups in total. The molecule has 1 rings (SSSR count). The van der Waals surface area contributed by atoms with Gasteiger partial charge in [0.25, 0.3) is 5.91 Å². The van der Waals surface area contributed by atoms with Gasteiger partial charge in [0.2, 0.25) is 0 Å². The van der Waals surface area contributed by atoms with Crippen LogP contribution in [0.2, 0.25) is 5.02 Å². The summed E-state index contributed by atoms with van der Waals surface area (Å²) in [6, 6.07) is 7.90. The highest BCUT2D eigenvalue weighted by Crippen LogP contribution is 2.24. The number of nitrogens with one attached hydrogen (secondary N) is 1. The fourth-order valence-corrected chi connectivity index (χ4v) is 1.74. The Morgan fingerprint density at radius 1 is 1.42 bits per heavy atom. The van der Waals surface area contributed by atoms with Crippen LogP contribution in [-0.4, -0.2) is 17.1 Å². The van der Waals surface area contributed by atoms with Crippen molar-refractivity contribution >= 4 is 17.5 Å². The first-order valence-corrected chi connectivity index (χ1v) is 6.27. The van der Waals surface area contributed by atoms with Gasteiger partial charge in [0, 0.05) is 10.6 Å². The molecule has 1 aromatic carbocycles. The Labute approximate surface area is 118 Å². The summed E-state index contributed by atoms with van der Waals surface area (Å²) in [6.45, 7) is 5.51. The molecular weight excluding hydrogens is 264 g/mol. The van der Waals surface area contributed by atoms with E-state index in [4.69, 9.17) is 16.9 Å². The van der Waals surface area contributed by atoms with Crippen molar-refractivity contribution in [3.63, 3.8) is 0 Å². The van der Waals surface area contributed by atoms with Gasteiger partial charge in [0.1, 0.15) is 6.04 Å². The SMILES string of the molecule is CC(C)(C)C(C#N)NC(=O)[C@H](O)c1ccccc1Cl. The normalized spacial score (nSPS) is 14.3. The number of nitrogens with zero attached hydrogens (tertiary/aromatic N) is 1. The smallest absolute Gasteiger partial charge is 0.254 e. The van der Waals surface area contributed by atoms with Crippen LogP contribution in [0.1, 0.15) is 32.4 Å². The topological polar surface area (TPSA) is 73.1 Å². The van der Waals surface area contributed by atoms with E-state index in [9.17, 15) is 9.90 Å². The fourth-order valence-electron chi connectivity index (χ4n) is 1.50. The lowest BCUT2D eigenvalue weighted by Gasteiger charge is -2.26. The summed E-state index contributed by atoms with van der Waals surface area (Å²) in [5.74, 6) is -0.630. The Bertz CT molecular complexity index is 503. The molecule has 0 aliphatic heterocycles. The third-order valence-electron chi connectivity index (χ3n) is 2.73. The van der Waals surface area contributed by atoms with Crippen LogP contribution in [0.3, 0.4) is 0 Å². The monoisotopic (exact) mass is 280 g/mol. The molecule has 0 saturated carbocycles. The van der Waals surface area contributed by atoms with E-state index < -0.39 is 23.5 Å². The molecule has 1 amide bonds. The van der Waals surface area contributed by atoms with Crippen molar-refractivity contribution in [1.29, 1.82) is 5.26 Å². The standard InChI is InChI=1S/C14H17ClN2O2/c1-14(2,3)11(8-16)17-13(19)12(18)9-6-4-5-7-10(9)15/h4-7,11-12,18H,1-3H3,(H,17,19)/t11?,12-/m1/s1. The zero-order valence-electron chi connectivity index (χ0n) is 11.1. The van der Waals surface area contributed by atoms with E-state index in [-0.39, 0.29) is 0 Å². The minimum absolute atomic E-state index is 0.314. The molecule has 2 atom stereocenters. The van der Waals surface area contributed by atoms with Crippen molar-refractivity contribution in [2.45, 2.75) is 32.9 Å². The number of hydrogen-bond acceptors (Lipinski definition) is 3. The van der Waals surface area contributed by atoms with Gasteiger partial charge in [0.15, 0.2) is 6.10 Å². The number of benzene rings is 1. The number of rotatable bonds is 3. The molecule has 0 spiro atoms. The third kappa shape index (κ3) is 3.95. The minimum atomic E-state index is -1.38. The van der Waals surface area contributed by atoms with Crippen molar-refractivity contribution in [3.8, 4) is 6.07 Å². The van der Waals surface area contributed by atoms with Gasteiger partial charge in [-0.2, -0.15) is 5.26 Å². The van der Waals surface area contributed by atoms with E-state index in [1.54, 1.807) is 24.3 Å². The first-order valence-electron chi connectivity index (χ1n) is 5.90. The average Bonchev–Trinajstić information content (AvgIpc) is 2.34. The fraction of sp³-hybridized carbons (Fsp3) is 0.429. The summed E-state index contributed by atoms with van der Waals surface area (Å²) in [4.78, 5) is 11.9. The maximum Gasteiger partial charge on any atom is 0.254 e. The Morgan fingerprint density at radius 3 is 2.47 bits per heavy atom. The molecule has 0 aliphatic rings. The number of hydrogen-bond donors (Lipinski definition) is 2. The minimum Gasteiger partial charge on any atom is -0.378 e. The van der Waals surface area contributed by atoms with Crippen molar-refractivity contribution < 1.29 is 9.90 Å². The predicted octanol–water partition coefficient (Wildman–Crippen LogP) is 2.43. The number of amides is 1. The van der Waals surface area contributed by atoms with Crippen LogP contribution in [-0.2, 0) is 4.79 Å². The van der Waals surface area contributed by atoms with Crippen molar-refractivity contribution in [3.05, 3.63) is 34.9 Å². The highest BCUT2D eigenvalue weighted by Gasteiger charge is 2.29. The van der Waals surface area contributed by atoms with E-state index in [0.29, 0.717) is 10.6 Å². The summed E-state index contributed by atoms with van der Waals surface area (Å²) in [5.41, 5.74) is -0.0859. The zero-order chi connectivity index (χ0) is 14.6. The second kappa shape index (κ2) is 6.05. The number of halogens is 1. The zero-order valence-corrected chi connectivity index (χ0v) is 11.9. The molecule has 1 aromatic rings. The van der Waals surface area contributed by atoms with Gasteiger partial charge in [0.05, 0.1) is 6.07 Å². The van der Waals surface area contributed by atoms with Gasteiger partial charge >= 0.3 is 0 Å². The maximum atomic E-state index is 11.9. The van der Waals surface area contributed by atoms with Crippen LogP contribution in [0.15, 0.2) is 24.3 Å². The molecule has 0 heterocycles. The molecular formula is C14H17ClN2O2. The summed E-state index contributed by atoms with van der Waals surface area (Å²) in [5, 5.41) is 21.9. The summed E-state index contributed by atoms with van der Waals surface area (Å²) in [7, 11) is 0. The average molecular weight is 281 g/mol. The molecule has 0 bridgehead atoms. The predicted molar refractivity (Wildman–Crippen MR) is 73.4 cm³/mol. The maximum absolute atomic E-state index is 11.9. The largest absolute Gasteiger partial charge is 0.378 e. The molecule has 0 saturated heterocycles. The van der Waals surface area contributed by atoms with Gasteiger partial charge in [-0.25, -0.2) is 0 Å². The Morgan fingerprint density at radius 2 is 2.00 bits per heavy atom. The highest BCUT2D eigenvalue weighted by molar-refractivity contribution is 6.31. The molecule has 4 nitrogen and oxygen atoms in total. The quantitative estimate of drug-likeness (QED) is 0.893. The molecule has 5 heteroatoms. The Balaban J connectivity index is 2.85. The van der Waals surface area contributed by atoms with Crippen molar-refractivity contribution in [2.75, 3.05) is 0 Å².